The van der Waals surface area contributed by atoms with E-state index in [4.69, 9.17) is 0 Å². The van der Waals surface area contributed by atoms with E-state index < -0.39 is 0 Å². The quantitative estimate of drug-likeness (QED) is 0.775. The predicted octanol–water partition coefficient (Wildman–Crippen LogP) is 3.36. The van der Waals surface area contributed by atoms with Gasteiger partial charge in [-0.05, 0) is 49.7 Å². The summed E-state index contributed by atoms with van der Waals surface area (Å²) in [6.45, 7) is 3.83. The lowest BCUT2D eigenvalue weighted by Gasteiger charge is -2.07. The number of aryl methyl sites for hydroxylation is 2. The van der Waals surface area contributed by atoms with Crippen molar-refractivity contribution in [3.05, 3.63) is 58.0 Å². The number of nitrogens with one attached hydrogen (secondary N) is 1. The second-order valence-corrected chi connectivity index (χ2v) is 5.67. The highest BCUT2D eigenvalue weighted by Gasteiger charge is 2.09. The molecular formula is C15H13BrN4O. The third-order valence-corrected chi connectivity index (χ3v) is 4.14. The van der Waals surface area contributed by atoms with Gasteiger partial charge in [0.2, 0.25) is 0 Å². The van der Waals surface area contributed by atoms with E-state index in [1.54, 1.807) is 22.7 Å². The lowest BCUT2D eigenvalue weighted by molar-refractivity contribution is 0.102. The predicted molar refractivity (Wildman–Crippen MR) is 84.6 cm³/mol. The Morgan fingerprint density at radius 1 is 1.19 bits per heavy atom. The summed E-state index contributed by atoms with van der Waals surface area (Å²) < 4.78 is 2.81. The molecule has 6 heteroatoms. The highest BCUT2D eigenvalue weighted by molar-refractivity contribution is 9.10. The van der Waals surface area contributed by atoms with Crippen LogP contribution in [0, 0.1) is 13.8 Å². The zero-order valence-corrected chi connectivity index (χ0v) is 13.2. The molecule has 1 aromatic carbocycles. The molecule has 1 N–H and O–H groups in total. The zero-order chi connectivity index (χ0) is 15.0. The minimum absolute atomic E-state index is 0.160. The van der Waals surface area contributed by atoms with Gasteiger partial charge < -0.3 is 5.32 Å². The third-order valence-electron chi connectivity index (χ3n) is 3.25. The van der Waals surface area contributed by atoms with Gasteiger partial charge in [0, 0.05) is 16.4 Å². The number of benzene rings is 1. The molecule has 0 saturated carbocycles. The number of carbonyl (C=O) groups excluding carboxylic acids is 1. The summed E-state index contributed by atoms with van der Waals surface area (Å²) in [6, 6.07) is 9.21. The first-order valence-corrected chi connectivity index (χ1v) is 7.23. The molecule has 106 valence electrons. The summed E-state index contributed by atoms with van der Waals surface area (Å²) in [6.07, 6.45) is 1.74. The summed E-state index contributed by atoms with van der Waals surface area (Å²) >= 11 is 3.44. The molecule has 2 aromatic heterocycles. The van der Waals surface area contributed by atoms with Crippen LogP contribution in [0.25, 0.3) is 5.65 Å². The lowest BCUT2D eigenvalue weighted by Crippen LogP contribution is -2.12. The number of hydrogen-bond donors (Lipinski definition) is 1. The van der Waals surface area contributed by atoms with Crippen LogP contribution in [0.2, 0.25) is 0 Å². The van der Waals surface area contributed by atoms with Crippen molar-refractivity contribution < 1.29 is 4.79 Å². The van der Waals surface area contributed by atoms with E-state index in [1.807, 2.05) is 32.0 Å². The van der Waals surface area contributed by atoms with Gasteiger partial charge in [0.15, 0.2) is 5.65 Å². The van der Waals surface area contributed by atoms with Gasteiger partial charge in [-0.1, -0.05) is 15.9 Å². The van der Waals surface area contributed by atoms with E-state index in [0.717, 1.165) is 27.2 Å². The molecule has 0 spiro atoms. The molecule has 1 amide bonds. The van der Waals surface area contributed by atoms with Gasteiger partial charge in [0.1, 0.15) is 5.82 Å². The molecule has 0 aliphatic rings. The van der Waals surface area contributed by atoms with Crippen LogP contribution in [0.3, 0.4) is 0 Å². The number of aromatic nitrogens is 3. The molecule has 0 fully saturated rings. The number of hydrogen-bond acceptors (Lipinski definition) is 3. The standard InChI is InChI=1S/C15H13BrN4O/c1-9-7-12(4-5-13(9)16)17-15(21)11-3-6-14-19-18-10(2)20(14)8-11/h3-8H,1-2H3,(H,17,21). The summed E-state index contributed by atoms with van der Waals surface area (Å²) in [5.74, 6) is 0.589. The number of carbonyl (C=O) groups is 1. The number of pyridine rings is 1. The van der Waals surface area contributed by atoms with Crippen LogP contribution >= 0.6 is 15.9 Å². The van der Waals surface area contributed by atoms with Crippen molar-refractivity contribution in [1.29, 1.82) is 0 Å². The molecule has 0 atom stereocenters. The second-order valence-electron chi connectivity index (χ2n) is 4.81. The molecule has 2 heterocycles. The average molecular weight is 345 g/mol. The van der Waals surface area contributed by atoms with Crippen LogP contribution < -0.4 is 5.32 Å². The molecule has 0 aliphatic carbocycles. The first-order chi connectivity index (χ1) is 10.0. The molecule has 21 heavy (non-hydrogen) atoms. The van der Waals surface area contributed by atoms with Crippen LogP contribution in [0.1, 0.15) is 21.7 Å². The van der Waals surface area contributed by atoms with Crippen LogP contribution in [0.5, 0.6) is 0 Å². The van der Waals surface area contributed by atoms with E-state index >= 15 is 0 Å². The molecule has 0 radical (unpaired) electrons. The molecular weight excluding hydrogens is 332 g/mol. The number of rotatable bonds is 2. The fourth-order valence-electron chi connectivity index (χ4n) is 2.07. The Balaban J connectivity index is 1.89. The maximum absolute atomic E-state index is 12.3. The van der Waals surface area contributed by atoms with Crippen molar-refractivity contribution in [3.63, 3.8) is 0 Å². The van der Waals surface area contributed by atoms with E-state index in [0.29, 0.717) is 5.56 Å². The van der Waals surface area contributed by atoms with Crippen molar-refractivity contribution in [1.82, 2.24) is 14.6 Å². The Bertz CT molecular complexity index is 841. The molecule has 3 aromatic rings. The van der Waals surface area contributed by atoms with Gasteiger partial charge in [-0.15, -0.1) is 10.2 Å². The largest absolute Gasteiger partial charge is 0.322 e. The Labute approximate surface area is 130 Å². The van der Waals surface area contributed by atoms with Crippen molar-refractivity contribution in [2.24, 2.45) is 0 Å². The molecule has 0 bridgehead atoms. The van der Waals surface area contributed by atoms with Gasteiger partial charge in [0.25, 0.3) is 5.91 Å². The summed E-state index contributed by atoms with van der Waals surface area (Å²) in [5.41, 5.74) is 3.12. The first kappa shape index (κ1) is 13.8. The Morgan fingerprint density at radius 3 is 2.76 bits per heavy atom. The van der Waals surface area contributed by atoms with Gasteiger partial charge >= 0.3 is 0 Å². The fraction of sp³-hybridized carbons (Fsp3) is 0.133. The average Bonchev–Trinajstić information content (AvgIpc) is 2.84. The van der Waals surface area contributed by atoms with Crippen LogP contribution in [-0.4, -0.2) is 20.5 Å². The monoisotopic (exact) mass is 344 g/mol. The minimum Gasteiger partial charge on any atom is -0.322 e. The van der Waals surface area contributed by atoms with Gasteiger partial charge in [0.05, 0.1) is 5.56 Å². The zero-order valence-electron chi connectivity index (χ0n) is 11.6. The van der Waals surface area contributed by atoms with Crippen LogP contribution in [0.4, 0.5) is 5.69 Å². The van der Waals surface area contributed by atoms with Crippen molar-refractivity contribution >= 4 is 33.2 Å². The van der Waals surface area contributed by atoms with Gasteiger partial charge in [-0.25, -0.2) is 0 Å². The Morgan fingerprint density at radius 2 is 2.00 bits per heavy atom. The molecule has 3 rings (SSSR count). The highest BCUT2D eigenvalue weighted by Crippen LogP contribution is 2.20. The Kier molecular flexibility index (Phi) is 3.47. The third kappa shape index (κ3) is 2.67. The number of anilines is 1. The maximum atomic E-state index is 12.3. The van der Waals surface area contributed by atoms with Crippen LogP contribution in [-0.2, 0) is 0 Å². The van der Waals surface area contributed by atoms with Gasteiger partial charge in [-0.2, -0.15) is 0 Å². The molecule has 0 aliphatic heterocycles. The topological polar surface area (TPSA) is 59.3 Å². The number of halogens is 1. The molecule has 0 unspecified atom stereocenters. The van der Waals surface area contributed by atoms with E-state index in [9.17, 15) is 4.79 Å². The summed E-state index contributed by atoms with van der Waals surface area (Å²) in [4.78, 5) is 12.3. The van der Waals surface area contributed by atoms with E-state index in [-0.39, 0.29) is 5.91 Å². The SMILES string of the molecule is Cc1cc(NC(=O)c2ccc3nnc(C)n3c2)ccc1Br. The summed E-state index contributed by atoms with van der Waals surface area (Å²) in [7, 11) is 0. The maximum Gasteiger partial charge on any atom is 0.257 e. The Hall–Kier alpha value is -2.21. The number of nitrogens with zero attached hydrogens (tertiary/aromatic N) is 3. The highest BCUT2D eigenvalue weighted by atomic mass is 79.9. The normalized spacial score (nSPS) is 10.8. The first-order valence-electron chi connectivity index (χ1n) is 6.43. The minimum atomic E-state index is -0.160. The number of amides is 1. The van der Waals surface area contributed by atoms with Crippen LogP contribution in [0.15, 0.2) is 41.0 Å². The van der Waals surface area contributed by atoms with Gasteiger partial charge in [-0.3, -0.25) is 9.20 Å². The van der Waals surface area contributed by atoms with Crippen molar-refractivity contribution in [2.75, 3.05) is 5.32 Å². The number of fused-ring (bicyclic) bond motifs is 1. The van der Waals surface area contributed by atoms with Crippen molar-refractivity contribution in [2.45, 2.75) is 13.8 Å². The molecule has 0 saturated heterocycles. The smallest absolute Gasteiger partial charge is 0.257 e. The van der Waals surface area contributed by atoms with Crippen molar-refractivity contribution in [3.8, 4) is 0 Å². The second kappa shape index (κ2) is 5.29. The van der Waals surface area contributed by atoms with E-state index in [1.165, 1.54) is 0 Å². The molecule has 5 nitrogen and oxygen atoms in total. The fourth-order valence-corrected chi connectivity index (χ4v) is 2.31. The summed E-state index contributed by atoms with van der Waals surface area (Å²) in [5, 5.41) is 10.9. The lowest BCUT2D eigenvalue weighted by atomic mass is 10.2. The van der Waals surface area contributed by atoms with E-state index in [2.05, 4.69) is 31.4 Å².